The molecule has 2 aromatic heterocycles. The van der Waals surface area contributed by atoms with Gasteiger partial charge in [-0.15, -0.1) is 0 Å². The third-order valence-corrected chi connectivity index (χ3v) is 2.96. The zero-order valence-corrected chi connectivity index (χ0v) is 10.7. The molecule has 5 heteroatoms. The molecular weight excluding hydrogens is 280 g/mol. The molecule has 3 aromatic rings. The van der Waals surface area contributed by atoms with Crippen LogP contribution in [-0.2, 0) is 0 Å². The Balaban J connectivity index is 2.14. The number of nitrogens with zero attached hydrogens (tertiary/aromatic N) is 3. The molecule has 2 heterocycles. The molecule has 0 aliphatic heterocycles. The highest BCUT2D eigenvalue weighted by atomic mass is 79.9. The lowest BCUT2D eigenvalue weighted by atomic mass is 10.3. The number of halogens is 1. The molecule has 0 amide bonds. The first-order valence-corrected chi connectivity index (χ1v) is 5.96. The van der Waals surface area contributed by atoms with Gasteiger partial charge in [0.25, 0.3) is 0 Å². The first-order valence-electron chi connectivity index (χ1n) is 5.17. The fourth-order valence-electron chi connectivity index (χ4n) is 1.62. The van der Waals surface area contributed by atoms with E-state index in [1.54, 1.807) is 12.4 Å². The zero-order valence-electron chi connectivity index (χ0n) is 9.11. The molecule has 3 rings (SSSR count). The number of hydrogen-bond donors (Lipinski definition) is 1. The molecule has 0 unspecified atom stereocenters. The molecule has 0 atom stereocenters. The molecule has 0 radical (unpaired) electrons. The Morgan fingerprint density at radius 1 is 1.18 bits per heavy atom. The summed E-state index contributed by atoms with van der Waals surface area (Å²) in [4.78, 5) is 16.2. The van der Waals surface area contributed by atoms with Crippen molar-refractivity contribution in [3.05, 3.63) is 40.8 Å². The lowest BCUT2D eigenvalue weighted by Crippen LogP contribution is -1.89. The number of imidazole rings is 1. The second-order valence-electron chi connectivity index (χ2n) is 3.79. The topological polar surface area (TPSA) is 54.5 Å². The van der Waals surface area contributed by atoms with E-state index >= 15 is 0 Å². The number of nitrogens with one attached hydrogen (secondary N) is 1. The van der Waals surface area contributed by atoms with Crippen LogP contribution in [0.4, 0.5) is 0 Å². The molecule has 0 aliphatic carbocycles. The molecule has 0 bridgehead atoms. The first kappa shape index (κ1) is 10.4. The van der Waals surface area contributed by atoms with Gasteiger partial charge in [0.15, 0.2) is 5.82 Å². The molecule has 0 spiro atoms. The minimum Gasteiger partial charge on any atom is -0.337 e. The number of benzene rings is 1. The predicted octanol–water partition coefficient (Wildman–Crippen LogP) is 3.09. The van der Waals surface area contributed by atoms with Gasteiger partial charge in [-0.1, -0.05) is 15.9 Å². The average Bonchev–Trinajstić information content (AvgIpc) is 2.72. The van der Waals surface area contributed by atoms with Crippen molar-refractivity contribution in [3.8, 4) is 11.5 Å². The Hall–Kier alpha value is -1.75. The van der Waals surface area contributed by atoms with Crippen molar-refractivity contribution >= 4 is 27.0 Å². The minimum absolute atomic E-state index is 0.741. The average molecular weight is 289 g/mol. The van der Waals surface area contributed by atoms with Crippen molar-refractivity contribution in [2.45, 2.75) is 6.92 Å². The van der Waals surface area contributed by atoms with E-state index in [1.807, 2.05) is 25.1 Å². The van der Waals surface area contributed by atoms with Crippen molar-refractivity contribution in [2.24, 2.45) is 0 Å². The van der Waals surface area contributed by atoms with Gasteiger partial charge < -0.3 is 4.98 Å². The van der Waals surface area contributed by atoms with Crippen LogP contribution in [0.2, 0.25) is 0 Å². The van der Waals surface area contributed by atoms with E-state index in [9.17, 15) is 0 Å². The third kappa shape index (κ3) is 1.93. The van der Waals surface area contributed by atoms with Crippen molar-refractivity contribution in [1.29, 1.82) is 0 Å². The van der Waals surface area contributed by atoms with Gasteiger partial charge in [0.2, 0.25) is 0 Å². The van der Waals surface area contributed by atoms with Gasteiger partial charge in [-0.25, -0.2) is 9.97 Å². The van der Waals surface area contributed by atoms with Crippen LogP contribution in [0.25, 0.3) is 22.6 Å². The van der Waals surface area contributed by atoms with Crippen LogP contribution < -0.4 is 0 Å². The predicted molar refractivity (Wildman–Crippen MR) is 69.6 cm³/mol. The van der Waals surface area contributed by atoms with Gasteiger partial charge >= 0.3 is 0 Å². The monoisotopic (exact) mass is 288 g/mol. The highest BCUT2D eigenvalue weighted by molar-refractivity contribution is 9.10. The summed E-state index contributed by atoms with van der Waals surface area (Å²) in [6.07, 6.45) is 3.46. The lowest BCUT2D eigenvalue weighted by molar-refractivity contribution is 1.10. The second kappa shape index (κ2) is 3.92. The fourth-order valence-corrected chi connectivity index (χ4v) is 1.98. The Morgan fingerprint density at radius 3 is 2.82 bits per heavy atom. The molecular formula is C12H9BrN4. The van der Waals surface area contributed by atoms with Gasteiger partial charge in [0.1, 0.15) is 5.69 Å². The summed E-state index contributed by atoms with van der Waals surface area (Å²) in [5, 5.41) is 0. The van der Waals surface area contributed by atoms with Gasteiger partial charge in [0, 0.05) is 10.7 Å². The maximum atomic E-state index is 4.47. The van der Waals surface area contributed by atoms with Crippen LogP contribution in [0.3, 0.4) is 0 Å². The number of aromatic nitrogens is 4. The van der Waals surface area contributed by atoms with Crippen LogP contribution >= 0.6 is 15.9 Å². The molecule has 0 saturated carbocycles. The molecule has 0 fully saturated rings. The SMILES string of the molecule is Cc1cnc(-c2nc3ccc(Br)cc3[nH]2)cn1. The highest BCUT2D eigenvalue weighted by Crippen LogP contribution is 2.21. The van der Waals surface area contributed by atoms with Gasteiger partial charge in [-0.3, -0.25) is 4.98 Å². The fraction of sp³-hybridized carbons (Fsp3) is 0.0833. The van der Waals surface area contributed by atoms with E-state index in [4.69, 9.17) is 0 Å². The van der Waals surface area contributed by atoms with E-state index in [-0.39, 0.29) is 0 Å². The van der Waals surface area contributed by atoms with Crippen molar-refractivity contribution < 1.29 is 0 Å². The summed E-state index contributed by atoms with van der Waals surface area (Å²) in [5.74, 6) is 0.741. The number of rotatable bonds is 1. The molecule has 17 heavy (non-hydrogen) atoms. The standard InChI is InChI=1S/C12H9BrN4/c1-7-5-15-11(6-14-7)12-16-9-3-2-8(13)4-10(9)17-12/h2-6H,1H3,(H,16,17). The third-order valence-electron chi connectivity index (χ3n) is 2.47. The van der Waals surface area contributed by atoms with Crippen molar-refractivity contribution in [1.82, 2.24) is 19.9 Å². The second-order valence-corrected chi connectivity index (χ2v) is 4.71. The number of hydrogen-bond acceptors (Lipinski definition) is 3. The van der Waals surface area contributed by atoms with E-state index in [0.717, 1.165) is 32.7 Å². The quantitative estimate of drug-likeness (QED) is 0.749. The number of H-pyrrole nitrogens is 1. The smallest absolute Gasteiger partial charge is 0.158 e. The number of aryl methyl sites for hydroxylation is 1. The summed E-state index contributed by atoms with van der Waals surface area (Å²) in [6, 6.07) is 5.92. The molecule has 4 nitrogen and oxygen atoms in total. The summed E-state index contributed by atoms with van der Waals surface area (Å²) >= 11 is 3.43. The maximum Gasteiger partial charge on any atom is 0.158 e. The van der Waals surface area contributed by atoms with E-state index in [1.165, 1.54) is 0 Å². The van der Waals surface area contributed by atoms with E-state index in [0.29, 0.717) is 0 Å². The van der Waals surface area contributed by atoms with Crippen LogP contribution in [0.5, 0.6) is 0 Å². The molecule has 0 saturated heterocycles. The summed E-state index contributed by atoms with van der Waals surface area (Å²) in [7, 11) is 0. The highest BCUT2D eigenvalue weighted by Gasteiger charge is 2.06. The van der Waals surface area contributed by atoms with E-state index < -0.39 is 0 Å². The summed E-state index contributed by atoms with van der Waals surface area (Å²) in [6.45, 7) is 1.91. The minimum atomic E-state index is 0.741. The molecule has 1 aromatic carbocycles. The summed E-state index contributed by atoms with van der Waals surface area (Å²) in [5.41, 5.74) is 3.55. The normalized spacial score (nSPS) is 10.9. The van der Waals surface area contributed by atoms with Gasteiger partial charge in [-0.2, -0.15) is 0 Å². The first-order chi connectivity index (χ1) is 8.22. The van der Waals surface area contributed by atoms with Crippen LogP contribution in [-0.4, -0.2) is 19.9 Å². The Morgan fingerprint density at radius 2 is 2.06 bits per heavy atom. The molecule has 84 valence electrons. The number of fused-ring (bicyclic) bond motifs is 1. The van der Waals surface area contributed by atoms with Gasteiger partial charge in [0.05, 0.1) is 22.9 Å². The van der Waals surface area contributed by atoms with Crippen molar-refractivity contribution in [2.75, 3.05) is 0 Å². The van der Waals surface area contributed by atoms with Crippen LogP contribution in [0.1, 0.15) is 5.69 Å². The lowest BCUT2D eigenvalue weighted by Gasteiger charge is -1.94. The largest absolute Gasteiger partial charge is 0.337 e. The maximum absolute atomic E-state index is 4.47. The van der Waals surface area contributed by atoms with Gasteiger partial charge in [-0.05, 0) is 25.1 Å². The Kier molecular flexibility index (Phi) is 2.40. The Labute approximate surface area is 106 Å². The van der Waals surface area contributed by atoms with E-state index in [2.05, 4.69) is 35.9 Å². The Bertz CT molecular complexity index is 673. The van der Waals surface area contributed by atoms with Crippen LogP contribution in [0, 0.1) is 6.92 Å². The van der Waals surface area contributed by atoms with Crippen LogP contribution in [0.15, 0.2) is 35.1 Å². The van der Waals surface area contributed by atoms with Crippen molar-refractivity contribution in [3.63, 3.8) is 0 Å². The zero-order chi connectivity index (χ0) is 11.8. The summed E-state index contributed by atoms with van der Waals surface area (Å²) < 4.78 is 1.02. The number of aromatic amines is 1. The molecule has 0 aliphatic rings. The molecule has 1 N–H and O–H groups in total.